The third-order valence-electron chi connectivity index (χ3n) is 3.46. The molecule has 0 unspecified atom stereocenters. The number of halogens is 1. The highest BCUT2D eigenvalue weighted by Gasteiger charge is 2.39. The third kappa shape index (κ3) is 4.59. The Morgan fingerprint density at radius 2 is 2.13 bits per heavy atom. The number of aromatic hydroxyl groups is 1. The zero-order chi connectivity index (χ0) is 17.3. The number of ether oxygens (including phenoxy) is 1. The van der Waals surface area contributed by atoms with E-state index in [1.165, 1.54) is 18.2 Å². The van der Waals surface area contributed by atoms with E-state index in [-0.39, 0.29) is 27.8 Å². The number of nitrogens with one attached hydrogen (secondary N) is 1. The summed E-state index contributed by atoms with van der Waals surface area (Å²) in [7, 11) is -3.15. The van der Waals surface area contributed by atoms with E-state index in [9.17, 15) is 23.1 Å². The van der Waals surface area contributed by atoms with Gasteiger partial charge in [-0.3, -0.25) is 4.79 Å². The molecule has 2 N–H and O–H groups in total. The van der Waals surface area contributed by atoms with Crippen molar-refractivity contribution in [3.63, 3.8) is 0 Å². The molecule has 1 heterocycles. The molecule has 2 rings (SSSR count). The molecule has 1 saturated heterocycles. The molecule has 1 atom stereocenters. The van der Waals surface area contributed by atoms with E-state index in [4.69, 9.17) is 16.3 Å². The lowest BCUT2D eigenvalue weighted by Crippen LogP contribution is -2.48. The van der Waals surface area contributed by atoms with E-state index in [2.05, 4.69) is 5.32 Å². The van der Waals surface area contributed by atoms with E-state index in [0.717, 1.165) is 0 Å². The molecule has 0 spiro atoms. The van der Waals surface area contributed by atoms with Gasteiger partial charge in [-0.15, -0.1) is 0 Å². The van der Waals surface area contributed by atoms with E-state index in [1.807, 2.05) is 0 Å². The number of esters is 1. The van der Waals surface area contributed by atoms with Gasteiger partial charge in [0, 0.05) is 5.02 Å². The van der Waals surface area contributed by atoms with Crippen LogP contribution < -0.4 is 5.32 Å². The van der Waals surface area contributed by atoms with Crippen molar-refractivity contribution in [3.05, 3.63) is 28.8 Å². The Labute approximate surface area is 138 Å². The van der Waals surface area contributed by atoms with Gasteiger partial charge in [0.25, 0.3) is 5.91 Å². The zero-order valence-corrected chi connectivity index (χ0v) is 13.9. The van der Waals surface area contributed by atoms with Crippen LogP contribution in [0.2, 0.25) is 5.02 Å². The minimum atomic E-state index is -3.15. The predicted molar refractivity (Wildman–Crippen MR) is 83.2 cm³/mol. The molecule has 1 aromatic carbocycles. The predicted octanol–water partition coefficient (Wildman–Crippen LogP) is 0.896. The first-order chi connectivity index (χ1) is 10.6. The normalized spacial score (nSPS) is 22.5. The molecule has 9 heteroatoms. The summed E-state index contributed by atoms with van der Waals surface area (Å²) in [5, 5.41) is 12.4. The lowest BCUT2D eigenvalue weighted by Gasteiger charge is -2.23. The summed E-state index contributed by atoms with van der Waals surface area (Å²) >= 11 is 5.66. The summed E-state index contributed by atoms with van der Waals surface area (Å²) in [5.41, 5.74) is -0.970. The van der Waals surface area contributed by atoms with Crippen molar-refractivity contribution in [1.29, 1.82) is 0 Å². The van der Waals surface area contributed by atoms with Gasteiger partial charge in [0.05, 0.1) is 17.0 Å². The van der Waals surface area contributed by atoms with Crippen molar-refractivity contribution in [2.75, 3.05) is 18.1 Å². The molecule has 1 amide bonds. The Hall–Kier alpha value is -1.80. The number of phenols is 1. The van der Waals surface area contributed by atoms with Crippen LogP contribution in [0.5, 0.6) is 5.75 Å². The molecule has 0 bridgehead atoms. The Morgan fingerprint density at radius 1 is 1.43 bits per heavy atom. The van der Waals surface area contributed by atoms with Gasteiger partial charge in [-0.1, -0.05) is 11.6 Å². The highest BCUT2D eigenvalue weighted by molar-refractivity contribution is 7.91. The summed E-state index contributed by atoms with van der Waals surface area (Å²) in [6, 6.07) is 3.87. The van der Waals surface area contributed by atoms with Crippen molar-refractivity contribution < 1.29 is 27.9 Å². The molecule has 1 aliphatic rings. The van der Waals surface area contributed by atoms with E-state index >= 15 is 0 Å². The van der Waals surface area contributed by atoms with Gasteiger partial charge in [-0.2, -0.15) is 0 Å². The van der Waals surface area contributed by atoms with Gasteiger partial charge in [0.15, 0.2) is 16.4 Å². The van der Waals surface area contributed by atoms with Crippen molar-refractivity contribution in [2.45, 2.75) is 18.9 Å². The Kier molecular flexibility index (Phi) is 4.86. The fourth-order valence-corrected chi connectivity index (χ4v) is 4.63. The molecular weight excluding hydrogens is 346 g/mol. The molecule has 0 saturated carbocycles. The van der Waals surface area contributed by atoms with Crippen molar-refractivity contribution in [2.24, 2.45) is 0 Å². The number of phenolic OH excluding ortho intramolecular Hbond substituents is 1. The van der Waals surface area contributed by atoms with Crippen LogP contribution in [0.1, 0.15) is 23.7 Å². The first-order valence-electron chi connectivity index (χ1n) is 6.77. The maximum atomic E-state index is 11.8. The first-order valence-corrected chi connectivity index (χ1v) is 8.97. The van der Waals surface area contributed by atoms with Gasteiger partial charge >= 0.3 is 5.97 Å². The van der Waals surface area contributed by atoms with E-state index in [0.29, 0.717) is 6.42 Å². The number of hydrogen-bond acceptors (Lipinski definition) is 6. The standard InChI is InChI=1S/C14H16ClNO6S/c1-14(4-5-23(20,21)8-14)16-12(18)7-22-13(19)10-3-2-9(15)6-11(10)17/h2-3,6,17H,4-5,7-8H2,1H3,(H,16,18)/t14-/m1/s1. The van der Waals surface area contributed by atoms with Crippen LogP contribution in [0.3, 0.4) is 0 Å². The fraction of sp³-hybridized carbons (Fsp3) is 0.429. The molecule has 1 fully saturated rings. The number of benzene rings is 1. The zero-order valence-electron chi connectivity index (χ0n) is 12.3. The van der Waals surface area contributed by atoms with Crippen LogP contribution in [0, 0.1) is 0 Å². The smallest absolute Gasteiger partial charge is 0.342 e. The number of amides is 1. The summed E-state index contributed by atoms with van der Waals surface area (Å²) in [6.45, 7) is 1.05. The quantitative estimate of drug-likeness (QED) is 0.771. The van der Waals surface area contributed by atoms with Crippen molar-refractivity contribution in [1.82, 2.24) is 5.32 Å². The van der Waals surface area contributed by atoms with Gasteiger partial charge < -0.3 is 15.2 Å². The summed E-state index contributed by atoms with van der Waals surface area (Å²) in [6.07, 6.45) is 0.312. The number of hydrogen-bond donors (Lipinski definition) is 2. The van der Waals surface area contributed by atoms with Crippen molar-refractivity contribution in [3.8, 4) is 5.75 Å². The molecular formula is C14H16ClNO6S. The highest BCUT2D eigenvalue weighted by Crippen LogP contribution is 2.23. The summed E-state index contributed by atoms with van der Waals surface area (Å²) in [5.74, 6) is -1.96. The molecule has 126 valence electrons. The minimum absolute atomic E-state index is 0.0161. The van der Waals surface area contributed by atoms with Crippen LogP contribution in [-0.4, -0.2) is 49.1 Å². The SMILES string of the molecule is C[C@@]1(NC(=O)COC(=O)c2ccc(Cl)cc2O)CCS(=O)(=O)C1. The van der Waals surface area contributed by atoms with Gasteiger partial charge in [-0.05, 0) is 31.5 Å². The van der Waals surface area contributed by atoms with Gasteiger partial charge in [0.2, 0.25) is 0 Å². The molecule has 7 nitrogen and oxygen atoms in total. The van der Waals surface area contributed by atoms with Gasteiger partial charge in [0.1, 0.15) is 11.3 Å². The number of rotatable bonds is 4. The van der Waals surface area contributed by atoms with Crippen LogP contribution in [0.4, 0.5) is 0 Å². The largest absolute Gasteiger partial charge is 0.507 e. The summed E-state index contributed by atoms with van der Waals surface area (Å²) < 4.78 is 27.8. The Bertz CT molecular complexity index is 748. The first kappa shape index (κ1) is 17.6. The van der Waals surface area contributed by atoms with Gasteiger partial charge in [-0.25, -0.2) is 13.2 Å². The second-order valence-corrected chi connectivity index (χ2v) is 8.31. The maximum Gasteiger partial charge on any atom is 0.342 e. The lowest BCUT2D eigenvalue weighted by molar-refractivity contribution is -0.125. The highest BCUT2D eigenvalue weighted by atomic mass is 35.5. The monoisotopic (exact) mass is 361 g/mol. The number of carbonyl (C=O) groups excluding carboxylic acids is 2. The number of sulfone groups is 1. The van der Waals surface area contributed by atoms with E-state index < -0.39 is 33.9 Å². The Balaban J connectivity index is 1.90. The molecule has 23 heavy (non-hydrogen) atoms. The fourth-order valence-electron chi connectivity index (χ4n) is 2.37. The molecule has 1 aliphatic heterocycles. The molecule has 0 aliphatic carbocycles. The minimum Gasteiger partial charge on any atom is -0.507 e. The topological polar surface area (TPSA) is 110 Å². The average Bonchev–Trinajstić information content (AvgIpc) is 2.69. The summed E-state index contributed by atoms with van der Waals surface area (Å²) in [4.78, 5) is 23.6. The maximum absolute atomic E-state index is 11.8. The van der Waals surface area contributed by atoms with Crippen molar-refractivity contribution >= 4 is 33.3 Å². The molecule has 1 aromatic rings. The van der Waals surface area contributed by atoms with Crippen LogP contribution in [0.25, 0.3) is 0 Å². The molecule has 0 radical (unpaired) electrons. The van der Waals surface area contributed by atoms with Crippen LogP contribution in [-0.2, 0) is 19.4 Å². The van der Waals surface area contributed by atoms with Crippen LogP contribution >= 0.6 is 11.6 Å². The third-order valence-corrected chi connectivity index (χ3v) is 5.60. The van der Waals surface area contributed by atoms with Crippen LogP contribution in [0.15, 0.2) is 18.2 Å². The average molecular weight is 362 g/mol. The molecule has 0 aromatic heterocycles. The second kappa shape index (κ2) is 6.37. The second-order valence-electron chi connectivity index (χ2n) is 5.69. The van der Waals surface area contributed by atoms with E-state index in [1.54, 1.807) is 6.92 Å². The number of carbonyl (C=O) groups is 2. The lowest BCUT2D eigenvalue weighted by atomic mass is 10.0. The Morgan fingerprint density at radius 3 is 2.70 bits per heavy atom.